The Bertz CT molecular complexity index is 271. The predicted octanol–water partition coefficient (Wildman–Crippen LogP) is 2.41. The summed E-state index contributed by atoms with van der Waals surface area (Å²) in [5.74, 6) is 0.703. The second kappa shape index (κ2) is 7.33. The summed E-state index contributed by atoms with van der Waals surface area (Å²) in [7, 11) is 0. The van der Waals surface area contributed by atoms with Gasteiger partial charge in [0.15, 0.2) is 0 Å². The largest absolute Gasteiger partial charge is 0.379 e. The van der Waals surface area contributed by atoms with Gasteiger partial charge in [-0.05, 0) is 46.0 Å². The summed E-state index contributed by atoms with van der Waals surface area (Å²) in [6.45, 7) is 7.41. The van der Waals surface area contributed by atoms with Crippen LogP contribution in [0.2, 0.25) is 0 Å². The van der Waals surface area contributed by atoms with Crippen molar-refractivity contribution >= 4 is 6.03 Å². The molecular weight excluding hydrogens is 216 g/mol. The van der Waals surface area contributed by atoms with E-state index in [1.807, 2.05) is 20.0 Å². The zero-order valence-electron chi connectivity index (χ0n) is 11.1. The second-order valence-electron chi connectivity index (χ2n) is 4.84. The van der Waals surface area contributed by atoms with Crippen molar-refractivity contribution in [2.45, 2.75) is 46.1 Å². The lowest BCUT2D eigenvalue weighted by Crippen LogP contribution is -2.33. The lowest BCUT2D eigenvalue weighted by Gasteiger charge is -2.08. The molecule has 0 aromatic heterocycles. The van der Waals surface area contributed by atoms with Gasteiger partial charge in [-0.3, -0.25) is 0 Å². The van der Waals surface area contributed by atoms with Crippen molar-refractivity contribution in [2.75, 3.05) is 13.2 Å². The number of hydrogen-bond donors (Lipinski definition) is 2. The zero-order chi connectivity index (χ0) is 12.7. The highest BCUT2D eigenvalue weighted by molar-refractivity contribution is 5.74. The van der Waals surface area contributed by atoms with Crippen LogP contribution in [-0.4, -0.2) is 25.3 Å². The molecular formula is C13H24N2O2. The summed E-state index contributed by atoms with van der Waals surface area (Å²) in [4.78, 5) is 11.4. The molecule has 2 N–H and O–H groups in total. The number of carbonyl (C=O) groups excluding carboxylic acids is 1. The maximum atomic E-state index is 11.4. The Morgan fingerprint density at radius 2 is 2.18 bits per heavy atom. The first-order chi connectivity index (χ1) is 8.09. The quantitative estimate of drug-likeness (QED) is 0.671. The Hall–Kier alpha value is -1.03. The molecule has 0 spiro atoms. The van der Waals surface area contributed by atoms with E-state index >= 15 is 0 Å². The average Bonchev–Trinajstić information content (AvgIpc) is 3.08. The first-order valence-corrected chi connectivity index (χ1v) is 6.42. The lowest BCUT2D eigenvalue weighted by molar-refractivity contribution is 0.0774. The molecule has 1 saturated carbocycles. The molecule has 98 valence electrons. The molecule has 0 bridgehead atoms. The van der Waals surface area contributed by atoms with E-state index in [1.54, 1.807) is 0 Å². The molecule has 0 atom stereocenters. The number of nitrogens with one attached hydrogen (secondary N) is 2. The van der Waals surface area contributed by atoms with E-state index in [-0.39, 0.29) is 12.1 Å². The highest BCUT2D eigenvalue weighted by atomic mass is 16.5. The SMILES string of the molecule is C/C(=C\NC(=O)NCCCOC(C)C)C1CC1. The monoisotopic (exact) mass is 240 g/mol. The van der Waals surface area contributed by atoms with Crippen molar-refractivity contribution in [3.05, 3.63) is 11.8 Å². The molecule has 4 heteroatoms. The minimum absolute atomic E-state index is 0.130. The van der Waals surface area contributed by atoms with Crippen LogP contribution in [0.5, 0.6) is 0 Å². The molecule has 0 aromatic carbocycles. The van der Waals surface area contributed by atoms with Crippen LogP contribution in [-0.2, 0) is 4.74 Å². The van der Waals surface area contributed by atoms with Crippen molar-refractivity contribution in [3.63, 3.8) is 0 Å². The van der Waals surface area contributed by atoms with Gasteiger partial charge < -0.3 is 15.4 Å². The Morgan fingerprint density at radius 1 is 1.47 bits per heavy atom. The average molecular weight is 240 g/mol. The Balaban J connectivity index is 1.99. The normalized spacial score (nSPS) is 16.1. The summed E-state index contributed by atoms with van der Waals surface area (Å²) < 4.78 is 5.38. The minimum atomic E-state index is -0.130. The maximum absolute atomic E-state index is 11.4. The van der Waals surface area contributed by atoms with E-state index in [9.17, 15) is 4.79 Å². The van der Waals surface area contributed by atoms with Gasteiger partial charge in [-0.15, -0.1) is 0 Å². The van der Waals surface area contributed by atoms with Crippen molar-refractivity contribution in [2.24, 2.45) is 5.92 Å². The van der Waals surface area contributed by atoms with Crippen molar-refractivity contribution in [1.82, 2.24) is 10.6 Å². The Morgan fingerprint density at radius 3 is 2.76 bits per heavy atom. The fraction of sp³-hybridized carbons (Fsp3) is 0.769. The summed E-state index contributed by atoms with van der Waals surface area (Å²) >= 11 is 0. The maximum Gasteiger partial charge on any atom is 0.318 e. The molecule has 1 aliphatic carbocycles. The molecule has 1 aliphatic rings. The molecule has 0 unspecified atom stereocenters. The minimum Gasteiger partial charge on any atom is -0.379 e. The van der Waals surface area contributed by atoms with Gasteiger partial charge in [-0.2, -0.15) is 0 Å². The third kappa shape index (κ3) is 7.00. The summed E-state index contributed by atoms with van der Waals surface area (Å²) in [5.41, 5.74) is 1.27. The fourth-order valence-corrected chi connectivity index (χ4v) is 1.48. The fourth-order valence-electron chi connectivity index (χ4n) is 1.48. The predicted molar refractivity (Wildman–Crippen MR) is 68.7 cm³/mol. The molecule has 0 saturated heterocycles. The number of carbonyl (C=O) groups is 1. The van der Waals surface area contributed by atoms with Crippen molar-refractivity contribution in [1.29, 1.82) is 0 Å². The van der Waals surface area contributed by atoms with Crippen molar-refractivity contribution in [3.8, 4) is 0 Å². The summed E-state index contributed by atoms with van der Waals surface area (Å²) in [6.07, 6.45) is 5.44. The van der Waals surface area contributed by atoms with Gasteiger partial charge in [0.2, 0.25) is 0 Å². The van der Waals surface area contributed by atoms with Crippen LogP contribution in [0.4, 0.5) is 4.79 Å². The van der Waals surface area contributed by atoms with E-state index < -0.39 is 0 Å². The van der Waals surface area contributed by atoms with Crippen LogP contribution in [0.3, 0.4) is 0 Å². The first kappa shape index (κ1) is 14.0. The lowest BCUT2D eigenvalue weighted by atomic mass is 10.2. The smallest absolute Gasteiger partial charge is 0.318 e. The number of allylic oxidation sites excluding steroid dienone is 1. The van der Waals surface area contributed by atoms with E-state index in [2.05, 4.69) is 17.6 Å². The van der Waals surface area contributed by atoms with Gasteiger partial charge in [0.25, 0.3) is 0 Å². The first-order valence-electron chi connectivity index (χ1n) is 6.42. The van der Waals surface area contributed by atoms with Crippen LogP contribution < -0.4 is 10.6 Å². The molecule has 4 nitrogen and oxygen atoms in total. The molecule has 1 rings (SSSR count). The molecule has 0 radical (unpaired) electrons. The Labute approximate surface area is 104 Å². The van der Waals surface area contributed by atoms with Crippen molar-refractivity contribution < 1.29 is 9.53 Å². The molecule has 1 fully saturated rings. The van der Waals surface area contributed by atoms with Gasteiger partial charge in [0.05, 0.1) is 6.10 Å². The summed E-state index contributed by atoms with van der Waals surface area (Å²) in [5, 5.41) is 5.55. The molecule has 2 amide bonds. The standard InChI is InChI=1S/C13H24N2O2/c1-10(2)17-8-4-7-14-13(16)15-9-11(3)12-5-6-12/h9-10,12H,4-8H2,1-3H3,(H2,14,15,16)/b11-9+. The number of ether oxygens (including phenoxy) is 1. The second-order valence-corrected chi connectivity index (χ2v) is 4.84. The zero-order valence-corrected chi connectivity index (χ0v) is 11.1. The van der Waals surface area contributed by atoms with Crippen LogP contribution in [0.1, 0.15) is 40.0 Å². The number of urea groups is 1. The van der Waals surface area contributed by atoms with Gasteiger partial charge >= 0.3 is 6.03 Å². The van der Waals surface area contributed by atoms with E-state index in [0.717, 1.165) is 6.42 Å². The van der Waals surface area contributed by atoms with E-state index in [1.165, 1.54) is 18.4 Å². The molecule has 17 heavy (non-hydrogen) atoms. The molecule has 0 aliphatic heterocycles. The van der Waals surface area contributed by atoms with Crippen LogP contribution in [0.15, 0.2) is 11.8 Å². The molecule has 0 aromatic rings. The topological polar surface area (TPSA) is 50.4 Å². The van der Waals surface area contributed by atoms with Gasteiger partial charge in [-0.1, -0.05) is 5.57 Å². The van der Waals surface area contributed by atoms with Gasteiger partial charge in [0, 0.05) is 19.4 Å². The molecule has 0 heterocycles. The van der Waals surface area contributed by atoms with Crippen LogP contribution in [0.25, 0.3) is 0 Å². The Kier molecular flexibility index (Phi) is 6.05. The van der Waals surface area contributed by atoms with Gasteiger partial charge in [0.1, 0.15) is 0 Å². The third-order valence-corrected chi connectivity index (χ3v) is 2.71. The van der Waals surface area contributed by atoms with E-state index in [4.69, 9.17) is 4.74 Å². The highest BCUT2D eigenvalue weighted by Gasteiger charge is 2.22. The summed E-state index contributed by atoms with van der Waals surface area (Å²) in [6, 6.07) is -0.130. The van der Waals surface area contributed by atoms with E-state index in [0.29, 0.717) is 19.1 Å². The van der Waals surface area contributed by atoms with Crippen LogP contribution in [0, 0.1) is 5.92 Å². The van der Waals surface area contributed by atoms with Crippen LogP contribution >= 0.6 is 0 Å². The number of hydrogen-bond acceptors (Lipinski definition) is 2. The third-order valence-electron chi connectivity index (χ3n) is 2.71. The number of rotatable bonds is 7. The number of amides is 2. The van der Waals surface area contributed by atoms with Gasteiger partial charge in [-0.25, -0.2) is 4.79 Å². The highest BCUT2D eigenvalue weighted by Crippen LogP contribution is 2.35.